The van der Waals surface area contributed by atoms with Crippen molar-refractivity contribution in [2.24, 2.45) is 10.4 Å². The topological polar surface area (TPSA) is 36.4 Å². The molecule has 0 aromatic heterocycles. The van der Waals surface area contributed by atoms with Gasteiger partial charge in [0.15, 0.2) is 5.96 Å². The van der Waals surface area contributed by atoms with Crippen molar-refractivity contribution in [3.63, 3.8) is 0 Å². The molecule has 0 saturated heterocycles. The maximum atomic E-state index is 4.41. The van der Waals surface area contributed by atoms with E-state index in [1.54, 1.807) is 0 Å². The molecule has 70 valence electrons. The zero-order valence-electron chi connectivity index (χ0n) is 8.28. The SMILES string of the molecule is CCCNC1=NCC(C)(C)CN1. The van der Waals surface area contributed by atoms with Crippen LogP contribution in [-0.2, 0) is 0 Å². The van der Waals surface area contributed by atoms with Gasteiger partial charge in [0.1, 0.15) is 0 Å². The van der Waals surface area contributed by atoms with E-state index in [-0.39, 0.29) is 0 Å². The molecule has 0 radical (unpaired) electrons. The summed E-state index contributed by atoms with van der Waals surface area (Å²) in [4.78, 5) is 4.41. The summed E-state index contributed by atoms with van der Waals surface area (Å²) in [7, 11) is 0. The summed E-state index contributed by atoms with van der Waals surface area (Å²) in [6, 6.07) is 0. The van der Waals surface area contributed by atoms with Crippen molar-refractivity contribution in [3.05, 3.63) is 0 Å². The zero-order valence-corrected chi connectivity index (χ0v) is 8.28. The van der Waals surface area contributed by atoms with Crippen LogP contribution in [0.4, 0.5) is 0 Å². The molecule has 1 rings (SSSR count). The Kier molecular flexibility index (Phi) is 2.95. The van der Waals surface area contributed by atoms with Crippen LogP contribution in [0, 0.1) is 5.41 Å². The number of rotatable bonds is 2. The fourth-order valence-corrected chi connectivity index (χ4v) is 1.09. The molecule has 0 atom stereocenters. The van der Waals surface area contributed by atoms with Crippen molar-refractivity contribution < 1.29 is 0 Å². The lowest BCUT2D eigenvalue weighted by Crippen LogP contribution is -2.47. The van der Waals surface area contributed by atoms with Crippen LogP contribution in [0.2, 0.25) is 0 Å². The lowest BCUT2D eigenvalue weighted by Gasteiger charge is -2.29. The third kappa shape index (κ3) is 2.72. The molecular weight excluding hydrogens is 150 g/mol. The molecule has 0 bridgehead atoms. The molecule has 0 amide bonds. The maximum Gasteiger partial charge on any atom is 0.191 e. The predicted molar refractivity (Wildman–Crippen MR) is 52.4 cm³/mol. The lowest BCUT2D eigenvalue weighted by molar-refractivity contribution is 0.358. The Morgan fingerprint density at radius 1 is 1.58 bits per heavy atom. The van der Waals surface area contributed by atoms with E-state index in [0.29, 0.717) is 5.41 Å². The first kappa shape index (κ1) is 9.36. The lowest BCUT2D eigenvalue weighted by atomic mass is 9.93. The van der Waals surface area contributed by atoms with Gasteiger partial charge in [0.25, 0.3) is 0 Å². The number of aliphatic imine (C=N–C) groups is 1. The van der Waals surface area contributed by atoms with Crippen LogP contribution >= 0.6 is 0 Å². The minimum atomic E-state index is 0.317. The van der Waals surface area contributed by atoms with Gasteiger partial charge in [0.05, 0.1) is 0 Å². The van der Waals surface area contributed by atoms with Crippen molar-refractivity contribution >= 4 is 5.96 Å². The third-order valence-corrected chi connectivity index (χ3v) is 1.94. The Morgan fingerprint density at radius 2 is 2.33 bits per heavy atom. The molecular formula is C9H19N3. The first-order valence-corrected chi connectivity index (χ1v) is 4.66. The summed E-state index contributed by atoms with van der Waals surface area (Å²) in [5.41, 5.74) is 0.317. The zero-order chi connectivity index (χ0) is 9.03. The van der Waals surface area contributed by atoms with Crippen molar-refractivity contribution in [2.75, 3.05) is 19.6 Å². The van der Waals surface area contributed by atoms with Gasteiger partial charge >= 0.3 is 0 Å². The number of guanidine groups is 1. The molecule has 2 N–H and O–H groups in total. The quantitative estimate of drug-likeness (QED) is 0.646. The molecule has 1 heterocycles. The van der Waals surface area contributed by atoms with E-state index in [4.69, 9.17) is 0 Å². The average molecular weight is 169 g/mol. The van der Waals surface area contributed by atoms with Crippen LogP contribution in [-0.4, -0.2) is 25.6 Å². The van der Waals surface area contributed by atoms with Crippen molar-refractivity contribution in [2.45, 2.75) is 27.2 Å². The second-order valence-electron chi connectivity index (χ2n) is 4.11. The van der Waals surface area contributed by atoms with Gasteiger partial charge in [0, 0.05) is 25.0 Å². The Bertz CT molecular complexity index is 173. The Morgan fingerprint density at radius 3 is 2.83 bits per heavy atom. The van der Waals surface area contributed by atoms with Crippen LogP contribution in [0.15, 0.2) is 4.99 Å². The summed E-state index contributed by atoms with van der Waals surface area (Å²) < 4.78 is 0. The molecule has 0 aliphatic carbocycles. The van der Waals surface area contributed by atoms with E-state index < -0.39 is 0 Å². The number of hydrogen-bond acceptors (Lipinski definition) is 3. The Balaban J connectivity index is 2.34. The van der Waals surface area contributed by atoms with Gasteiger partial charge in [-0.3, -0.25) is 4.99 Å². The van der Waals surface area contributed by atoms with Gasteiger partial charge in [0.2, 0.25) is 0 Å². The van der Waals surface area contributed by atoms with Crippen LogP contribution in [0.3, 0.4) is 0 Å². The van der Waals surface area contributed by atoms with Crippen LogP contribution in [0.5, 0.6) is 0 Å². The molecule has 3 nitrogen and oxygen atoms in total. The van der Waals surface area contributed by atoms with Gasteiger partial charge in [-0.05, 0) is 6.42 Å². The van der Waals surface area contributed by atoms with Crippen LogP contribution in [0.1, 0.15) is 27.2 Å². The molecule has 0 aromatic carbocycles. The summed E-state index contributed by atoms with van der Waals surface area (Å²) in [6.45, 7) is 9.54. The third-order valence-electron chi connectivity index (χ3n) is 1.94. The summed E-state index contributed by atoms with van der Waals surface area (Å²) in [6.07, 6.45) is 1.14. The van der Waals surface area contributed by atoms with Crippen molar-refractivity contribution in [1.29, 1.82) is 0 Å². The first-order chi connectivity index (χ1) is 5.64. The van der Waals surface area contributed by atoms with Crippen molar-refractivity contribution in [1.82, 2.24) is 10.6 Å². The Labute approximate surface area is 74.6 Å². The van der Waals surface area contributed by atoms with Gasteiger partial charge in [-0.25, -0.2) is 0 Å². The molecule has 0 unspecified atom stereocenters. The van der Waals surface area contributed by atoms with Crippen LogP contribution in [0.25, 0.3) is 0 Å². The number of hydrogen-bond donors (Lipinski definition) is 2. The van der Waals surface area contributed by atoms with E-state index in [9.17, 15) is 0 Å². The standard InChI is InChI=1S/C9H19N3/c1-4-5-10-8-11-6-9(2,3)7-12-8/h4-7H2,1-3H3,(H2,10,11,12). The molecule has 3 heteroatoms. The van der Waals surface area contributed by atoms with E-state index in [1.807, 2.05) is 0 Å². The molecule has 0 aromatic rings. The summed E-state index contributed by atoms with van der Waals surface area (Å²) in [5.74, 6) is 0.969. The molecule has 1 aliphatic rings. The normalized spacial score (nSPS) is 21.1. The van der Waals surface area contributed by atoms with E-state index in [2.05, 4.69) is 36.4 Å². The summed E-state index contributed by atoms with van der Waals surface area (Å²) in [5, 5.41) is 6.53. The van der Waals surface area contributed by atoms with E-state index in [0.717, 1.165) is 32.0 Å². The van der Waals surface area contributed by atoms with Gasteiger partial charge in [-0.1, -0.05) is 20.8 Å². The summed E-state index contributed by atoms with van der Waals surface area (Å²) >= 11 is 0. The van der Waals surface area contributed by atoms with Gasteiger partial charge in [-0.2, -0.15) is 0 Å². The number of nitrogens with zero attached hydrogens (tertiary/aromatic N) is 1. The minimum Gasteiger partial charge on any atom is -0.356 e. The highest BCUT2D eigenvalue weighted by molar-refractivity contribution is 5.80. The molecule has 12 heavy (non-hydrogen) atoms. The van der Waals surface area contributed by atoms with Crippen molar-refractivity contribution in [3.8, 4) is 0 Å². The van der Waals surface area contributed by atoms with E-state index in [1.165, 1.54) is 0 Å². The largest absolute Gasteiger partial charge is 0.356 e. The first-order valence-electron chi connectivity index (χ1n) is 4.66. The van der Waals surface area contributed by atoms with Crippen LogP contribution < -0.4 is 10.6 Å². The Hall–Kier alpha value is -0.730. The second-order valence-corrected chi connectivity index (χ2v) is 4.11. The second kappa shape index (κ2) is 3.78. The molecule has 0 spiro atoms. The smallest absolute Gasteiger partial charge is 0.191 e. The highest BCUT2D eigenvalue weighted by Crippen LogP contribution is 2.15. The monoisotopic (exact) mass is 169 g/mol. The molecule has 0 saturated carbocycles. The van der Waals surface area contributed by atoms with E-state index >= 15 is 0 Å². The predicted octanol–water partition coefficient (Wildman–Crippen LogP) is 0.971. The highest BCUT2D eigenvalue weighted by Gasteiger charge is 2.21. The van der Waals surface area contributed by atoms with Gasteiger partial charge in [-0.15, -0.1) is 0 Å². The van der Waals surface area contributed by atoms with Gasteiger partial charge < -0.3 is 10.6 Å². The highest BCUT2D eigenvalue weighted by atomic mass is 15.2. The number of nitrogens with one attached hydrogen (secondary N) is 2. The fourth-order valence-electron chi connectivity index (χ4n) is 1.09. The molecule has 1 aliphatic heterocycles. The fraction of sp³-hybridized carbons (Fsp3) is 0.889. The molecule has 0 fully saturated rings. The average Bonchev–Trinajstić information content (AvgIpc) is 2.03. The maximum absolute atomic E-state index is 4.41. The minimum absolute atomic E-state index is 0.317.